The third-order valence-corrected chi connectivity index (χ3v) is 6.42. The van der Waals surface area contributed by atoms with Gasteiger partial charge in [0.05, 0.1) is 18.1 Å². The third kappa shape index (κ3) is 2.77. The van der Waals surface area contributed by atoms with Crippen molar-refractivity contribution >= 4 is 33.3 Å². The maximum Gasteiger partial charge on any atom is 0.231 e. The number of aliphatic imine (C=N–C) groups is 1. The molecule has 27 heavy (non-hydrogen) atoms. The lowest BCUT2D eigenvalue weighted by molar-refractivity contribution is -0.128. The van der Waals surface area contributed by atoms with E-state index in [1.807, 2.05) is 49.4 Å². The molecule has 1 aliphatic rings. The van der Waals surface area contributed by atoms with E-state index in [1.165, 1.54) is 4.90 Å². The quantitative estimate of drug-likeness (QED) is 0.740. The van der Waals surface area contributed by atoms with Crippen LogP contribution >= 0.6 is 11.3 Å². The van der Waals surface area contributed by atoms with Crippen LogP contribution in [0.1, 0.15) is 23.8 Å². The summed E-state index contributed by atoms with van der Waals surface area (Å²) in [5.74, 6) is 0.193. The number of carbonyl (C=O) groups excluding carboxylic acids is 1. The molecule has 0 saturated carbocycles. The van der Waals surface area contributed by atoms with E-state index < -0.39 is 5.54 Å². The first-order chi connectivity index (χ1) is 12.9. The van der Waals surface area contributed by atoms with Crippen LogP contribution in [-0.4, -0.2) is 23.8 Å². The average Bonchev–Trinajstić information content (AvgIpc) is 3.11. The number of hydrogen-bond donors (Lipinski definition) is 1. The summed E-state index contributed by atoms with van der Waals surface area (Å²) in [4.78, 5) is 19.3. The van der Waals surface area contributed by atoms with Gasteiger partial charge in [-0.1, -0.05) is 36.4 Å². The van der Waals surface area contributed by atoms with Gasteiger partial charge in [0.1, 0.15) is 5.54 Å². The SMILES string of the molecule is CN1C(=O)C[C@@](C)(c2cc3cccc(-c4ccccc4C#N)c3s2)N=C1N. The summed E-state index contributed by atoms with van der Waals surface area (Å²) in [6.07, 6.45) is 0.279. The predicted octanol–water partition coefficient (Wildman–Crippen LogP) is 3.83. The fourth-order valence-electron chi connectivity index (χ4n) is 3.41. The van der Waals surface area contributed by atoms with E-state index in [0.717, 1.165) is 26.1 Å². The first kappa shape index (κ1) is 17.3. The lowest BCUT2D eigenvalue weighted by Crippen LogP contribution is -2.47. The Morgan fingerprint density at radius 3 is 2.70 bits per heavy atom. The molecular formula is C21H18N4OS. The van der Waals surface area contributed by atoms with Crippen LogP contribution in [0.4, 0.5) is 0 Å². The number of nitrogens with two attached hydrogens (primary N) is 1. The summed E-state index contributed by atoms with van der Waals surface area (Å²) in [7, 11) is 1.64. The maximum absolute atomic E-state index is 12.3. The number of carbonyl (C=O) groups is 1. The van der Waals surface area contributed by atoms with Crippen LogP contribution in [0.2, 0.25) is 0 Å². The molecule has 0 fully saturated rings. The van der Waals surface area contributed by atoms with E-state index in [2.05, 4.69) is 17.1 Å². The van der Waals surface area contributed by atoms with Gasteiger partial charge in [-0.05, 0) is 24.4 Å². The zero-order chi connectivity index (χ0) is 19.2. The van der Waals surface area contributed by atoms with Crippen molar-refractivity contribution in [1.29, 1.82) is 5.26 Å². The summed E-state index contributed by atoms with van der Waals surface area (Å²) in [6, 6.07) is 18.0. The number of nitriles is 1. The van der Waals surface area contributed by atoms with E-state index >= 15 is 0 Å². The Balaban J connectivity index is 1.90. The first-order valence-electron chi connectivity index (χ1n) is 8.57. The van der Waals surface area contributed by atoms with Gasteiger partial charge in [0.2, 0.25) is 5.91 Å². The van der Waals surface area contributed by atoms with Gasteiger partial charge >= 0.3 is 0 Å². The number of hydrogen-bond acceptors (Lipinski definition) is 5. The standard InChI is InChI=1S/C21H18N4OS/c1-21(11-18(26)25(2)20(23)24-21)17-10-13-7-5-9-16(19(13)27-17)15-8-4-3-6-14(15)12-22/h3-10H,11H2,1-2H3,(H2,23,24)/t21-/m0/s1. The highest BCUT2D eigenvalue weighted by Gasteiger charge is 2.37. The minimum atomic E-state index is -0.677. The van der Waals surface area contributed by atoms with Crippen LogP contribution in [0, 0.1) is 11.3 Å². The van der Waals surface area contributed by atoms with Gasteiger partial charge in [-0.15, -0.1) is 11.3 Å². The summed E-state index contributed by atoms with van der Waals surface area (Å²) in [5.41, 5.74) is 7.85. The predicted molar refractivity (Wildman–Crippen MR) is 108 cm³/mol. The Kier molecular flexibility index (Phi) is 3.97. The van der Waals surface area contributed by atoms with Crippen molar-refractivity contribution in [3.63, 3.8) is 0 Å². The molecule has 5 nitrogen and oxygen atoms in total. The van der Waals surface area contributed by atoms with Crippen molar-refractivity contribution in [1.82, 2.24) is 4.90 Å². The number of amides is 1. The molecule has 134 valence electrons. The number of thiophene rings is 1. The molecule has 1 atom stereocenters. The molecule has 0 radical (unpaired) electrons. The topological polar surface area (TPSA) is 82.5 Å². The smallest absolute Gasteiger partial charge is 0.231 e. The lowest BCUT2D eigenvalue weighted by atomic mass is 9.93. The molecule has 3 aromatic rings. The highest BCUT2D eigenvalue weighted by Crippen LogP contribution is 2.43. The molecule has 2 aromatic carbocycles. The zero-order valence-corrected chi connectivity index (χ0v) is 15.9. The molecule has 0 bridgehead atoms. The summed E-state index contributed by atoms with van der Waals surface area (Å²) in [5, 5.41) is 10.5. The Hall–Kier alpha value is -3.17. The fraction of sp³-hybridized carbons (Fsp3) is 0.190. The van der Waals surface area contributed by atoms with E-state index in [1.54, 1.807) is 18.4 Å². The number of nitrogens with zero attached hydrogens (tertiary/aromatic N) is 3. The monoisotopic (exact) mass is 374 g/mol. The van der Waals surface area contributed by atoms with Gasteiger partial charge < -0.3 is 5.73 Å². The minimum Gasteiger partial charge on any atom is -0.369 e. The van der Waals surface area contributed by atoms with Crippen molar-refractivity contribution in [3.8, 4) is 17.2 Å². The van der Waals surface area contributed by atoms with Gasteiger partial charge in [0, 0.05) is 27.8 Å². The van der Waals surface area contributed by atoms with Crippen molar-refractivity contribution in [2.45, 2.75) is 18.9 Å². The highest BCUT2D eigenvalue weighted by atomic mass is 32.1. The Morgan fingerprint density at radius 1 is 1.22 bits per heavy atom. The van der Waals surface area contributed by atoms with Gasteiger partial charge in [0.15, 0.2) is 5.96 Å². The molecule has 6 heteroatoms. The second-order valence-corrected chi connectivity index (χ2v) is 7.92. The van der Waals surface area contributed by atoms with Crippen molar-refractivity contribution in [2.75, 3.05) is 7.05 Å². The summed E-state index contributed by atoms with van der Waals surface area (Å²) >= 11 is 1.61. The summed E-state index contributed by atoms with van der Waals surface area (Å²) in [6.45, 7) is 1.94. The van der Waals surface area contributed by atoms with Gasteiger partial charge in [-0.3, -0.25) is 9.69 Å². The third-order valence-electron chi connectivity index (χ3n) is 4.99. The van der Waals surface area contributed by atoms with E-state index in [4.69, 9.17) is 5.73 Å². The van der Waals surface area contributed by atoms with E-state index in [0.29, 0.717) is 5.56 Å². The second kappa shape index (κ2) is 6.22. The molecule has 1 aliphatic heterocycles. The molecule has 0 aliphatic carbocycles. The molecule has 1 amide bonds. The number of benzene rings is 2. The van der Waals surface area contributed by atoms with Crippen molar-refractivity contribution < 1.29 is 4.79 Å². The van der Waals surface area contributed by atoms with Crippen LogP contribution in [0.3, 0.4) is 0 Å². The normalized spacial score (nSPS) is 19.8. The molecular weight excluding hydrogens is 356 g/mol. The first-order valence-corrected chi connectivity index (χ1v) is 9.39. The lowest BCUT2D eigenvalue weighted by Gasteiger charge is -2.32. The molecule has 4 rings (SSSR count). The largest absolute Gasteiger partial charge is 0.369 e. The number of fused-ring (bicyclic) bond motifs is 1. The van der Waals surface area contributed by atoms with Crippen LogP contribution < -0.4 is 5.73 Å². The van der Waals surface area contributed by atoms with Gasteiger partial charge in [-0.2, -0.15) is 5.26 Å². The van der Waals surface area contributed by atoms with E-state index in [-0.39, 0.29) is 18.3 Å². The molecule has 0 spiro atoms. The molecule has 2 heterocycles. The Bertz CT molecular complexity index is 1140. The van der Waals surface area contributed by atoms with Crippen LogP contribution in [0.25, 0.3) is 21.2 Å². The molecule has 1 aromatic heterocycles. The number of guanidine groups is 1. The average molecular weight is 374 g/mol. The van der Waals surface area contributed by atoms with Gasteiger partial charge in [-0.25, -0.2) is 4.99 Å². The fourth-order valence-corrected chi connectivity index (χ4v) is 4.68. The van der Waals surface area contributed by atoms with E-state index in [9.17, 15) is 10.1 Å². The van der Waals surface area contributed by atoms with Gasteiger partial charge in [0.25, 0.3) is 0 Å². The van der Waals surface area contributed by atoms with Crippen LogP contribution in [0.5, 0.6) is 0 Å². The number of rotatable bonds is 2. The molecule has 2 N–H and O–H groups in total. The van der Waals surface area contributed by atoms with Crippen LogP contribution in [0.15, 0.2) is 53.5 Å². The highest BCUT2D eigenvalue weighted by molar-refractivity contribution is 7.19. The van der Waals surface area contributed by atoms with Crippen molar-refractivity contribution in [2.24, 2.45) is 10.7 Å². The zero-order valence-electron chi connectivity index (χ0n) is 15.1. The van der Waals surface area contributed by atoms with Crippen LogP contribution in [-0.2, 0) is 10.3 Å². The Labute approximate surface area is 161 Å². The minimum absolute atomic E-state index is 0.0440. The maximum atomic E-state index is 12.3. The molecule has 0 unspecified atom stereocenters. The summed E-state index contributed by atoms with van der Waals surface area (Å²) < 4.78 is 1.08. The molecule has 0 saturated heterocycles. The Morgan fingerprint density at radius 2 is 1.96 bits per heavy atom. The second-order valence-electron chi connectivity index (χ2n) is 6.87. The van der Waals surface area contributed by atoms with Crippen molar-refractivity contribution in [3.05, 3.63) is 59.0 Å².